The average molecular weight is 773 g/mol. The minimum absolute atomic E-state index is 0.0627. The molecule has 0 bridgehead atoms. The van der Waals surface area contributed by atoms with E-state index in [1.807, 2.05) is 22.6 Å². The van der Waals surface area contributed by atoms with E-state index in [0.29, 0.717) is 26.0 Å². The first-order valence-corrected chi connectivity index (χ1v) is 15.3. The molecule has 9 nitrogen and oxygen atoms in total. The van der Waals surface area contributed by atoms with Crippen LogP contribution in [-0.2, 0) is 17.5 Å². The van der Waals surface area contributed by atoms with Crippen molar-refractivity contribution in [2.24, 2.45) is 0 Å². The maximum Gasteiger partial charge on any atom is 0.416 e. The van der Waals surface area contributed by atoms with Crippen LogP contribution in [-0.4, -0.2) is 71.7 Å². The predicted octanol–water partition coefficient (Wildman–Crippen LogP) is 5.04. The molecule has 0 saturated carbocycles. The molecule has 3 atom stereocenters. The van der Waals surface area contributed by atoms with Crippen molar-refractivity contribution in [2.45, 2.75) is 37.4 Å². The van der Waals surface area contributed by atoms with Gasteiger partial charge in [0, 0.05) is 41.2 Å². The zero-order chi connectivity index (χ0) is 33.6. The Labute approximate surface area is 281 Å². The standard InChI is InChI=1S/C32H29ClF3IN2O7/c1-45-27-13-19(17-41)12-24(37)29(27)46-26-15-21(30(43)38-10-11-40)14-25(28(26)42)39(16-18-2-8-23(33)9-3-18)31(44)20-4-6-22(7-5-20)32(34,35)36/h2-9,12-13,15,17,25-26,28,40,42H,10-11,14,16H2,1H3,(H,38,43). The van der Waals surface area contributed by atoms with E-state index in [4.69, 9.17) is 21.1 Å². The van der Waals surface area contributed by atoms with E-state index in [1.54, 1.807) is 24.3 Å². The number of alkyl halides is 3. The second kappa shape index (κ2) is 15.3. The van der Waals surface area contributed by atoms with Gasteiger partial charge in [0.15, 0.2) is 11.5 Å². The highest BCUT2D eigenvalue weighted by molar-refractivity contribution is 14.1. The number of hydrogen-bond acceptors (Lipinski definition) is 7. The van der Waals surface area contributed by atoms with Crippen molar-refractivity contribution in [3.63, 3.8) is 0 Å². The summed E-state index contributed by atoms with van der Waals surface area (Å²) in [5, 5.41) is 24.0. The summed E-state index contributed by atoms with van der Waals surface area (Å²) in [4.78, 5) is 39.9. The molecule has 4 rings (SSSR count). The van der Waals surface area contributed by atoms with E-state index in [9.17, 15) is 37.8 Å². The molecule has 1 aliphatic rings. The normalized spacial score (nSPS) is 17.9. The molecule has 14 heteroatoms. The molecule has 0 aromatic heterocycles. The third kappa shape index (κ3) is 8.37. The lowest BCUT2D eigenvalue weighted by atomic mass is 9.87. The molecule has 244 valence electrons. The smallest absolute Gasteiger partial charge is 0.416 e. The highest BCUT2D eigenvalue weighted by Crippen LogP contribution is 2.37. The third-order valence-electron chi connectivity index (χ3n) is 7.24. The Hall–Kier alpha value is -3.66. The number of halogens is 5. The number of ether oxygens (including phenoxy) is 2. The van der Waals surface area contributed by atoms with E-state index in [2.05, 4.69) is 5.32 Å². The van der Waals surface area contributed by atoms with Crippen molar-refractivity contribution >= 4 is 52.3 Å². The van der Waals surface area contributed by atoms with Crippen molar-refractivity contribution < 1.29 is 47.2 Å². The molecule has 2 amide bonds. The fourth-order valence-electron chi connectivity index (χ4n) is 4.93. The first-order valence-electron chi connectivity index (χ1n) is 13.9. The quantitative estimate of drug-likeness (QED) is 0.184. The molecule has 3 aromatic rings. The molecule has 0 aliphatic heterocycles. The van der Waals surface area contributed by atoms with Crippen molar-refractivity contribution in [1.82, 2.24) is 10.2 Å². The van der Waals surface area contributed by atoms with Crippen LogP contribution in [0.3, 0.4) is 0 Å². The SMILES string of the molecule is COc1cc(C=O)cc(I)c1OC1C=C(C(=O)NCCO)CC(N(Cc2ccc(Cl)cc2)C(=O)c2ccc(C(F)(F)F)cc2)C1O. The Balaban J connectivity index is 1.78. The molecule has 1 aliphatic carbocycles. The monoisotopic (exact) mass is 772 g/mol. The van der Waals surface area contributed by atoms with Gasteiger partial charge < -0.3 is 29.9 Å². The Morgan fingerprint density at radius 2 is 1.80 bits per heavy atom. The van der Waals surface area contributed by atoms with E-state index in [1.165, 1.54) is 30.2 Å². The molecule has 0 radical (unpaired) electrons. The fraction of sp³-hybridized carbons (Fsp3) is 0.281. The number of amides is 2. The number of methoxy groups -OCH3 is 1. The first kappa shape index (κ1) is 35.2. The first-order chi connectivity index (χ1) is 21.9. The molecule has 0 saturated heterocycles. The molecular formula is C32H29ClF3IN2O7. The topological polar surface area (TPSA) is 125 Å². The van der Waals surface area contributed by atoms with E-state index >= 15 is 0 Å². The van der Waals surface area contributed by atoms with Gasteiger partial charge in [0.1, 0.15) is 18.5 Å². The fourth-order valence-corrected chi connectivity index (χ4v) is 5.81. The number of nitrogens with zero attached hydrogens (tertiary/aromatic N) is 1. The van der Waals surface area contributed by atoms with Crippen molar-refractivity contribution in [3.05, 3.63) is 103 Å². The Kier molecular flexibility index (Phi) is 11.7. The van der Waals surface area contributed by atoms with Gasteiger partial charge in [-0.25, -0.2) is 0 Å². The van der Waals surface area contributed by atoms with Crippen molar-refractivity contribution in [2.75, 3.05) is 20.3 Å². The highest BCUT2D eigenvalue weighted by Gasteiger charge is 2.41. The van der Waals surface area contributed by atoms with Crippen LogP contribution in [0.5, 0.6) is 11.5 Å². The van der Waals surface area contributed by atoms with Crippen LogP contribution in [0.25, 0.3) is 0 Å². The van der Waals surface area contributed by atoms with Gasteiger partial charge >= 0.3 is 6.18 Å². The highest BCUT2D eigenvalue weighted by atomic mass is 127. The molecule has 46 heavy (non-hydrogen) atoms. The number of carbonyl (C=O) groups excluding carboxylic acids is 3. The van der Waals surface area contributed by atoms with Gasteiger partial charge in [-0.05, 0) is 82.8 Å². The van der Waals surface area contributed by atoms with E-state index in [-0.39, 0.29) is 48.8 Å². The predicted molar refractivity (Wildman–Crippen MR) is 171 cm³/mol. The van der Waals surface area contributed by atoms with Crippen LogP contribution in [0.15, 0.2) is 72.3 Å². The second-order valence-electron chi connectivity index (χ2n) is 10.3. The summed E-state index contributed by atoms with van der Waals surface area (Å²) in [5.41, 5.74) is 0.0264. The minimum Gasteiger partial charge on any atom is -0.493 e. The zero-order valence-corrected chi connectivity index (χ0v) is 27.2. The molecular weight excluding hydrogens is 744 g/mol. The third-order valence-corrected chi connectivity index (χ3v) is 8.30. The van der Waals surface area contributed by atoms with Crippen LogP contribution in [0.2, 0.25) is 5.02 Å². The maximum absolute atomic E-state index is 14.0. The number of hydrogen-bond donors (Lipinski definition) is 3. The summed E-state index contributed by atoms with van der Waals surface area (Å²) in [6, 6.07) is 12.1. The van der Waals surface area contributed by atoms with Gasteiger partial charge in [0.05, 0.1) is 28.9 Å². The number of benzene rings is 3. The summed E-state index contributed by atoms with van der Waals surface area (Å²) in [6.45, 7) is -0.503. The Bertz CT molecular complexity index is 1600. The van der Waals surface area contributed by atoms with E-state index < -0.39 is 41.8 Å². The number of aliphatic hydroxyl groups is 2. The lowest BCUT2D eigenvalue weighted by Crippen LogP contribution is -2.54. The molecule has 3 aromatic carbocycles. The molecule has 3 unspecified atom stereocenters. The summed E-state index contributed by atoms with van der Waals surface area (Å²) in [6.07, 6.45) is -5.42. The zero-order valence-electron chi connectivity index (χ0n) is 24.3. The summed E-state index contributed by atoms with van der Waals surface area (Å²) >= 11 is 7.98. The molecule has 3 N–H and O–H groups in total. The lowest BCUT2D eigenvalue weighted by molar-refractivity contribution is -0.137. The minimum atomic E-state index is -4.61. The van der Waals surface area contributed by atoms with Crippen LogP contribution in [0, 0.1) is 3.57 Å². The average Bonchev–Trinajstić information content (AvgIpc) is 3.04. The van der Waals surface area contributed by atoms with Gasteiger partial charge in [-0.3, -0.25) is 14.4 Å². The summed E-state index contributed by atoms with van der Waals surface area (Å²) in [5.74, 6) is -0.929. The number of carbonyl (C=O) groups is 3. The van der Waals surface area contributed by atoms with Crippen molar-refractivity contribution in [1.29, 1.82) is 0 Å². The molecule has 0 fully saturated rings. The van der Waals surface area contributed by atoms with Crippen LogP contribution in [0.4, 0.5) is 13.2 Å². The van der Waals surface area contributed by atoms with Crippen LogP contribution in [0.1, 0.15) is 38.3 Å². The number of rotatable bonds is 11. The number of aldehydes is 1. The Morgan fingerprint density at radius 3 is 2.39 bits per heavy atom. The maximum atomic E-state index is 14.0. The van der Waals surface area contributed by atoms with Gasteiger partial charge in [-0.2, -0.15) is 13.2 Å². The number of aliphatic hydroxyl groups excluding tert-OH is 2. The van der Waals surface area contributed by atoms with Gasteiger partial charge in [0.25, 0.3) is 5.91 Å². The molecule has 0 heterocycles. The van der Waals surface area contributed by atoms with Gasteiger partial charge in [0.2, 0.25) is 5.91 Å². The Morgan fingerprint density at radius 1 is 1.13 bits per heavy atom. The summed E-state index contributed by atoms with van der Waals surface area (Å²) in [7, 11) is 1.37. The van der Waals surface area contributed by atoms with Crippen LogP contribution >= 0.6 is 34.2 Å². The van der Waals surface area contributed by atoms with E-state index in [0.717, 1.165) is 24.3 Å². The lowest BCUT2D eigenvalue weighted by Gasteiger charge is -2.40. The molecule has 0 spiro atoms. The number of nitrogens with one attached hydrogen (secondary N) is 1. The second-order valence-corrected chi connectivity index (χ2v) is 11.9. The van der Waals surface area contributed by atoms with Gasteiger partial charge in [-0.15, -0.1) is 0 Å². The van der Waals surface area contributed by atoms with Gasteiger partial charge in [-0.1, -0.05) is 23.7 Å². The largest absolute Gasteiger partial charge is 0.493 e. The van der Waals surface area contributed by atoms with Crippen molar-refractivity contribution in [3.8, 4) is 11.5 Å². The van der Waals surface area contributed by atoms with Crippen LogP contribution < -0.4 is 14.8 Å². The summed E-state index contributed by atoms with van der Waals surface area (Å²) < 4.78 is 51.8.